The zero-order valence-electron chi connectivity index (χ0n) is 22.9. The molecule has 2 aromatic heterocycles. The molecule has 9 heteroatoms. The zero-order valence-corrected chi connectivity index (χ0v) is 22.9. The number of carbonyl (C=O) groups excluding carboxylic acids is 1. The van der Waals surface area contributed by atoms with E-state index in [2.05, 4.69) is 25.6 Å². The maximum absolute atomic E-state index is 11.8. The lowest BCUT2D eigenvalue weighted by atomic mass is 9.91. The van der Waals surface area contributed by atoms with Crippen molar-refractivity contribution in [2.75, 3.05) is 10.6 Å². The van der Waals surface area contributed by atoms with Crippen molar-refractivity contribution >= 4 is 23.4 Å². The van der Waals surface area contributed by atoms with Gasteiger partial charge in [0.15, 0.2) is 0 Å². The summed E-state index contributed by atoms with van der Waals surface area (Å²) >= 11 is 0. The molecule has 0 aliphatic rings. The number of anilines is 2. The number of benzene rings is 3. The van der Waals surface area contributed by atoms with E-state index in [-0.39, 0.29) is 18.3 Å². The average molecular weight is 560 g/mol. The summed E-state index contributed by atoms with van der Waals surface area (Å²) in [6.07, 6.45) is 3.16. The van der Waals surface area contributed by atoms with Gasteiger partial charge in [-0.15, -0.1) is 0 Å². The minimum atomic E-state index is -0.942. The number of aliphatic carboxylic acids is 1. The Labute approximate surface area is 243 Å². The Morgan fingerprint density at radius 3 is 2.38 bits per heavy atom. The van der Waals surface area contributed by atoms with Crippen molar-refractivity contribution in [3.63, 3.8) is 0 Å². The molecule has 0 spiro atoms. The van der Waals surface area contributed by atoms with Crippen LogP contribution in [0.15, 0.2) is 109 Å². The minimum absolute atomic E-state index is 0.133. The number of carbonyl (C=O) groups is 2. The molecule has 5 aromatic rings. The molecule has 5 rings (SSSR count). The molecular weight excluding hydrogens is 530 g/mol. The summed E-state index contributed by atoms with van der Waals surface area (Å²) in [7, 11) is 0. The zero-order chi connectivity index (χ0) is 29.3. The molecule has 9 nitrogen and oxygen atoms in total. The summed E-state index contributed by atoms with van der Waals surface area (Å²) < 4.78 is 5.91. The number of hydrogen-bond acceptors (Lipinski definition) is 7. The van der Waals surface area contributed by atoms with Crippen molar-refractivity contribution in [2.45, 2.75) is 25.8 Å². The number of rotatable bonds is 11. The first-order valence-corrected chi connectivity index (χ1v) is 13.4. The van der Waals surface area contributed by atoms with Gasteiger partial charge < -0.3 is 20.5 Å². The lowest BCUT2D eigenvalue weighted by molar-refractivity contribution is -0.137. The molecule has 3 aromatic carbocycles. The van der Waals surface area contributed by atoms with Crippen LogP contribution in [0.2, 0.25) is 0 Å². The second-order valence-electron chi connectivity index (χ2n) is 9.61. The number of amides is 1. The fourth-order valence-corrected chi connectivity index (χ4v) is 4.49. The summed E-state index contributed by atoms with van der Waals surface area (Å²) in [6, 6.07) is 30.3. The summed E-state index contributed by atoms with van der Waals surface area (Å²) in [5.74, 6) is -0.229. The van der Waals surface area contributed by atoms with Gasteiger partial charge in [-0.05, 0) is 64.7 Å². The maximum atomic E-state index is 11.8. The number of hydrogen-bond donors (Lipinski definition) is 3. The van der Waals surface area contributed by atoms with Gasteiger partial charge in [0.25, 0.3) is 0 Å². The van der Waals surface area contributed by atoms with Gasteiger partial charge in [0, 0.05) is 37.5 Å². The van der Waals surface area contributed by atoms with E-state index in [0.717, 1.165) is 28.1 Å². The Hall–Kier alpha value is -5.57. The molecule has 1 amide bonds. The summed E-state index contributed by atoms with van der Waals surface area (Å²) in [5, 5.41) is 15.7. The highest BCUT2D eigenvalue weighted by molar-refractivity contribution is 5.89. The summed E-state index contributed by atoms with van der Waals surface area (Å²) in [4.78, 5) is 36.3. The summed E-state index contributed by atoms with van der Waals surface area (Å²) in [5.41, 5.74) is 4.96. The van der Waals surface area contributed by atoms with Gasteiger partial charge in [-0.3, -0.25) is 9.59 Å². The molecule has 0 saturated carbocycles. The molecule has 42 heavy (non-hydrogen) atoms. The van der Waals surface area contributed by atoms with Crippen LogP contribution in [0.1, 0.15) is 36.1 Å². The number of nitrogens with zero attached hydrogens (tertiary/aromatic N) is 3. The third-order valence-corrected chi connectivity index (χ3v) is 6.49. The lowest BCUT2D eigenvalue weighted by Gasteiger charge is -2.16. The molecule has 0 fully saturated rings. The van der Waals surface area contributed by atoms with E-state index in [0.29, 0.717) is 23.7 Å². The van der Waals surface area contributed by atoms with E-state index in [1.807, 2.05) is 91.0 Å². The van der Waals surface area contributed by atoms with Crippen molar-refractivity contribution in [3.8, 4) is 22.9 Å². The van der Waals surface area contributed by atoms with E-state index in [4.69, 9.17) is 4.74 Å². The highest BCUT2D eigenvalue weighted by Crippen LogP contribution is 2.31. The van der Waals surface area contributed by atoms with Crippen molar-refractivity contribution in [2.24, 2.45) is 0 Å². The van der Waals surface area contributed by atoms with Gasteiger partial charge in [-0.25, -0.2) is 9.97 Å². The number of aromatic nitrogens is 3. The smallest absolute Gasteiger partial charge is 0.322 e. The SMILES string of the molecule is CC(=O)Nc1cccc(-c2ccc(C(CC(=O)O)c3ccnc(Oc4ccc(CNc5ccccn5)cc4)n3)cc2)c1. The largest absolute Gasteiger partial charge is 0.481 e. The van der Waals surface area contributed by atoms with Gasteiger partial charge in [0.1, 0.15) is 11.6 Å². The molecule has 210 valence electrons. The number of pyridine rings is 1. The summed E-state index contributed by atoms with van der Waals surface area (Å²) in [6.45, 7) is 2.08. The fraction of sp³-hybridized carbons (Fsp3) is 0.121. The number of ether oxygens (including phenoxy) is 1. The molecule has 3 N–H and O–H groups in total. The third kappa shape index (κ3) is 7.54. The first-order valence-electron chi connectivity index (χ1n) is 13.4. The van der Waals surface area contributed by atoms with Gasteiger partial charge in [-0.2, -0.15) is 4.98 Å². The molecule has 2 heterocycles. The monoisotopic (exact) mass is 559 g/mol. The highest BCUT2D eigenvalue weighted by atomic mass is 16.5. The highest BCUT2D eigenvalue weighted by Gasteiger charge is 2.21. The number of carboxylic acid groups (broad SMARTS) is 1. The maximum Gasteiger partial charge on any atom is 0.322 e. The van der Waals surface area contributed by atoms with Gasteiger partial charge in [0.05, 0.1) is 12.1 Å². The quantitative estimate of drug-likeness (QED) is 0.167. The average Bonchev–Trinajstić information content (AvgIpc) is 3.00. The Morgan fingerprint density at radius 2 is 1.67 bits per heavy atom. The van der Waals surface area contributed by atoms with E-state index in [1.54, 1.807) is 18.5 Å². The van der Waals surface area contributed by atoms with Crippen molar-refractivity contribution in [1.29, 1.82) is 0 Å². The topological polar surface area (TPSA) is 126 Å². The van der Waals surface area contributed by atoms with Crippen LogP contribution in [-0.2, 0) is 16.1 Å². The van der Waals surface area contributed by atoms with Crippen molar-refractivity contribution in [1.82, 2.24) is 15.0 Å². The van der Waals surface area contributed by atoms with Crippen LogP contribution in [0.25, 0.3) is 11.1 Å². The molecule has 0 saturated heterocycles. The predicted molar refractivity (Wildman–Crippen MR) is 160 cm³/mol. The molecule has 0 aliphatic carbocycles. The van der Waals surface area contributed by atoms with Crippen molar-refractivity contribution < 1.29 is 19.4 Å². The molecule has 0 radical (unpaired) electrons. The van der Waals surface area contributed by atoms with E-state index in [9.17, 15) is 14.7 Å². The predicted octanol–water partition coefficient (Wildman–Crippen LogP) is 6.51. The second-order valence-corrected chi connectivity index (χ2v) is 9.61. The number of carboxylic acids is 1. The molecule has 1 atom stereocenters. The standard InChI is InChI=1S/C33H29N5O4/c1-22(39)37-27-6-4-5-26(19-27)24-10-12-25(13-11-24)29(20-32(40)41)30-16-18-35-33(38-30)42-28-14-8-23(9-15-28)21-36-31-7-2-3-17-34-31/h2-19,29H,20-21H2,1H3,(H,34,36)(H,37,39)(H,40,41). The van der Waals surface area contributed by atoms with Crippen LogP contribution in [-0.4, -0.2) is 31.9 Å². The van der Waals surface area contributed by atoms with Crippen LogP contribution in [0.3, 0.4) is 0 Å². The molecular formula is C33H29N5O4. The second kappa shape index (κ2) is 13.2. The van der Waals surface area contributed by atoms with E-state index >= 15 is 0 Å². The Kier molecular flexibility index (Phi) is 8.79. The first kappa shape index (κ1) is 28.0. The Morgan fingerprint density at radius 1 is 0.857 bits per heavy atom. The Bertz CT molecular complexity index is 1660. The van der Waals surface area contributed by atoms with Crippen LogP contribution < -0.4 is 15.4 Å². The van der Waals surface area contributed by atoms with Crippen LogP contribution in [0, 0.1) is 0 Å². The number of nitrogens with one attached hydrogen (secondary N) is 2. The first-order chi connectivity index (χ1) is 20.4. The van der Waals surface area contributed by atoms with Crippen LogP contribution in [0.5, 0.6) is 11.8 Å². The van der Waals surface area contributed by atoms with Crippen LogP contribution >= 0.6 is 0 Å². The van der Waals surface area contributed by atoms with E-state index < -0.39 is 11.9 Å². The molecule has 0 bridgehead atoms. The van der Waals surface area contributed by atoms with Crippen molar-refractivity contribution in [3.05, 3.63) is 126 Å². The Balaban J connectivity index is 1.30. The third-order valence-electron chi connectivity index (χ3n) is 6.49. The van der Waals surface area contributed by atoms with Crippen LogP contribution in [0.4, 0.5) is 11.5 Å². The van der Waals surface area contributed by atoms with E-state index in [1.165, 1.54) is 6.92 Å². The lowest BCUT2D eigenvalue weighted by Crippen LogP contribution is -2.10. The van der Waals surface area contributed by atoms with Gasteiger partial charge in [0.2, 0.25) is 5.91 Å². The van der Waals surface area contributed by atoms with Gasteiger partial charge >= 0.3 is 12.0 Å². The minimum Gasteiger partial charge on any atom is -0.481 e. The van der Waals surface area contributed by atoms with Gasteiger partial charge in [-0.1, -0.05) is 54.6 Å². The normalized spacial score (nSPS) is 11.4. The molecule has 1 unspecified atom stereocenters. The molecule has 0 aliphatic heterocycles. The fourth-order valence-electron chi connectivity index (χ4n) is 4.49.